The van der Waals surface area contributed by atoms with Crippen LogP contribution in [0.3, 0.4) is 0 Å². The second-order valence-corrected chi connectivity index (χ2v) is 5.89. The minimum Gasteiger partial charge on any atom is -0.296 e. The van der Waals surface area contributed by atoms with E-state index in [-0.39, 0.29) is 0 Å². The molecule has 1 fully saturated rings. The molecule has 94 valence electrons. The molecule has 1 aromatic heterocycles. The summed E-state index contributed by atoms with van der Waals surface area (Å²) in [5.74, 6) is 0.547. The summed E-state index contributed by atoms with van der Waals surface area (Å²) in [5, 5.41) is 4.72. The van der Waals surface area contributed by atoms with E-state index in [0.717, 1.165) is 12.6 Å². The van der Waals surface area contributed by atoms with Crippen molar-refractivity contribution in [1.82, 2.24) is 14.7 Å². The molecule has 0 atom stereocenters. The molecule has 0 amide bonds. The first-order chi connectivity index (χ1) is 8.16. The molecule has 3 heteroatoms. The highest BCUT2D eigenvalue weighted by molar-refractivity contribution is 5.30. The van der Waals surface area contributed by atoms with E-state index in [1.807, 2.05) is 0 Å². The van der Waals surface area contributed by atoms with E-state index in [4.69, 9.17) is 5.10 Å². The summed E-state index contributed by atoms with van der Waals surface area (Å²) in [4.78, 5) is 2.68. The zero-order valence-corrected chi connectivity index (χ0v) is 11.2. The molecule has 17 heavy (non-hydrogen) atoms. The molecule has 0 radical (unpaired) electrons. The Hall–Kier alpha value is -0.830. The molecule has 2 heterocycles. The first kappa shape index (κ1) is 11.3. The number of hydrogen-bond acceptors (Lipinski definition) is 2. The van der Waals surface area contributed by atoms with Crippen LogP contribution in [0, 0.1) is 0 Å². The van der Waals surface area contributed by atoms with Gasteiger partial charge in [-0.3, -0.25) is 9.58 Å². The van der Waals surface area contributed by atoms with E-state index >= 15 is 0 Å². The van der Waals surface area contributed by atoms with Crippen LogP contribution in [0.25, 0.3) is 0 Å². The van der Waals surface area contributed by atoms with Gasteiger partial charge in [0.2, 0.25) is 0 Å². The quantitative estimate of drug-likeness (QED) is 0.782. The molecule has 0 spiro atoms. The van der Waals surface area contributed by atoms with Crippen LogP contribution in [-0.2, 0) is 20.0 Å². The number of rotatable bonds is 2. The Morgan fingerprint density at radius 2 is 2.06 bits per heavy atom. The third-order valence-electron chi connectivity index (χ3n) is 4.44. The minimum absolute atomic E-state index is 0.547. The maximum atomic E-state index is 4.72. The van der Waals surface area contributed by atoms with Crippen molar-refractivity contribution in [3.63, 3.8) is 0 Å². The van der Waals surface area contributed by atoms with Crippen molar-refractivity contribution in [2.24, 2.45) is 7.05 Å². The van der Waals surface area contributed by atoms with Crippen LogP contribution in [0.5, 0.6) is 0 Å². The minimum atomic E-state index is 0.547. The highest BCUT2D eigenvalue weighted by Gasteiger charge is 2.31. The van der Waals surface area contributed by atoms with Crippen LogP contribution in [0.4, 0.5) is 0 Å². The van der Waals surface area contributed by atoms with Gasteiger partial charge in [-0.15, -0.1) is 0 Å². The van der Waals surface area contributed by atoms with E-state index in [1.165, 1.54) is 49.2 Å². The Balaban J connectivity index is 1.88. The Morgan fingerprint density at radius 1 is 1.29 bits per heavy atom. The topological polar surface area (TPSA) is 21.1 Å². The SMILES string of the molecule is CC(C)c1nn(C)c2c1CN(C1CCC1)CC2. The third-order valence-corrected chi connectivity index (χ3v) is 4.44. The Kier molecular flexibility index (Phi) is 2.74. The molecule has 1 aliphatic heterocycles. The number of hydrogen-bond donors (Lipinski definition) is 0. The van der Waals surface area contributed by atoms with Gasteiger partial charge in [0.05, 0.1) is 5.69 Å². The lowest BCUT2D eigenvalue weighted by Gasteiger charge is -2.40. The van der Waals surface area contributed by atoms with Gasteiger partial charge in [-0.05, 0) is 18.8 Å². The van der Waals surface area contributed by atoms with Crippen LogP contribution < -0.4 is 0 Å². The molecular weight excluding hydrogens is 210 g/mol. The van der Waals surface area contributed by atoms with Gasteiger partial charge in [-0.25, -0.2) is 0 Å². The van der Waals surface area contributed by atoms with Crippen molar-refractivity contribution in [2.75, 3.05) is 6.54 Å². The lowest BCUT2D eigenvalue weighted by Crippen LogP contribution is -2.43. The summed E-state index contributed by atoms with van der Waals surface area (Å²) in [7, 11) is 2.10. The highest BCUT2D eigenvalue weighted by atomic mass is 15.3. The summed E-state index contributed by atoms with van der Waals surface area (Å²) in [6.45, 7) is 6.88. The number of nitrogens with zero attached hydrogens (tertiary/aromatic N) is 3. The zero-order valence-electron chi connectivity index (χ0n) is 11.2. The van der Waals surface area contributed by atoms with E-state index in [0.29, 0.717) is 5.92 Å². The fraction of sp³-hybridized carbons (Fsp3) is 0.786. The van der Waals surface area contributed by atoms with Crippen molar-refractivity contribution >= 4 is 0 Å². The van der Waals surface area contributed by atoms with Gasteiger partial charge in [-0.2, -0.15) is 5.10 Å². The van der Waals surface area contributed by atoms with E-state index in [1.54, 1.807) is 0 Å². The second kappa shape index (κ2) is 4.13. The van der Waals surface area contributed by atoms with E-state index in [2.05, 4.69) is 30.5 Å². The molecule has 0 unspecified atom stereocenters. The van der Waals surface area contributed by atoms with Gasteiger partial charge < -0.3 is 0 Å². The molecule has 0 N–H and O–H groups in total. The predicted octanol–water partition coefficient (Wildman–Crippen LogP) is 2.45. The lowest BCUT2D eigenvalue weighted by molar-refractivity contribution is 0.112. The van der Waals surface area contributed by atoms with Gasteiger partial charge in [-0.1, -0.05) is 20.3 Å². The largest absolute Gasteiger partial charge is 0.296 e. The van der Waals surface area contributed by atoms with Crippen molar-refractivity contribution < 1.29 is 0 Å². The molecule has 0 aromatic carbocycles. The second-order valence-electron chi connectivity index (χ2n) is 5.89. The van der Waals surface area contributed by atoms with E-state index in [9.17, 15) is 0 Å². The normalized spacial score (nSPS) is 21.6. The molecular formula is C14H23N3. The summed E-state index contributed by atoms with van der Waals surface area (Å²) < 4.78 is 2.11. The predicted molar refractivity (Wildman–Crippen MR) is 69.1 cm³/mol. The average Bonchev–Trinajstić information content (AvgIpc) is 2.54. The summed E-state index contributed by atoms with van der Waals surface area (Å²) >= 11 is 0. The summed E-state index contributed by atoms with van der Waals surface area (Å²) in [5.41, 5.74) is 4.33. The fourth-order valence-corrected chi connectivity index (χ4v) is 3.17. The maximum absolute atomic E-state index is 4.72. The van der Waals surface area contributed by atoms with E-state index < -0.39 is 0 Å². The van der Waals surface area contributed by atoms with Gasteiger partial charge in [0, 0.05) is 43.9 Å². The molecule has 1 aliphatic carbocycles. The van der Waals surface area contributed by atoms with Crippen LogP contribution in [0.1, 0.15) is 56.0 Å². The standard InChI is InChI=1S/C14H23N3/c1-10(2)14-12-9-17(11-5-4-6-11)8-7-13(12)16(3)15-14/h10-11H,4-9H2,1-3H3. The van der Waals surface area contributed by atoms with Crippen LogP contribution >= 0.6 is 0 Å². The monoisotopic (exact) mass is 233 g/mol. The molecule has 1 aromatic rings. The van der Waals surface area contributed by atoms with Gasteiger partial charge in [0.1, 0.15) is 0 Å². The molecule has 0 bridgehead atoms. The molecule has 2 aliphatic rings. The van der Waals surface area contributed by atoms with Gasteiger partial charge in [0.15, 0.2) is 0 Å². The maximum Gasteiger partial charge on any atom is 0.0697 e. The van der Waals surface area contributed by atoms with Crippen molar-refractivity contribution in [2.45, 2.75) is 58.0 Å². The summed E-state index contributed by atoms with van der Waals surface area (Å²) in [6.07, 6.45) is 5.43. The fourth-order valence-electron chi connectivity index (χ4n) is 3.17. The van der Waals surface area contributed by atoms with Crippen LogP contribution in [0.2, 0.25) is 0 Å². The van der Waals surface area contributed by atoms with Crippen molar-refractivity contribution in [3.05, 3.63) is 17.0 Å². The Morgan fingerprint density at radius 3 is 2.65 bits per heavy atom. The van der Waals surface area contributed by atoms with Gasteiger partial charge >= 0.3 is 0 Å². The third kappa shape index (κ3) is 1.81. The Labute approximate surface area is 104 Å². The van der Waals surface area contributed by atoms with Crippen molar-refractivity contribution in [3.8, 4) is 0 Å². The molecule has 0 saturated heterocycles. The number of aromatic nitrogens is 2. The number of fused-ring (bicyclic) bond motifs is 1. The first-order valence-electron chi connectivity index (χ1n) is 6.95. The molecule has 3 rings (SSSR count). The number of aryl methyl sites for hydroxylation is 1. The summed E-state index contributed by atoms with van der Waals surface area (Å²) in [6, 6.07) is 0.864. The smallest absolute Gasteiger partial charge is 0.0697 e. The zero-order chi connectivity index (χ0) is 12.0. The molecule has 1 saturated carbocycles. The van der Waals surface area contributed by atoms with Crippen LogP contribution in [-0.4, -0.2) is 27.3 Å². The highest BCUT2D eigenvalue weighted by Crippen LogP contribution is 2.32. The van der Waals surface area contributed by atoms with Crippen molar-refractivity contribution in [1.29, 1.82) is 0 Å². The first-order valence-corrected chi connectivity index (χ1v) is 6.95. The lowest BCUT2D eigenvalue weighted by atomic mass is 9.89. The average molecular weight is 233 g/mol. The Bertz CT molecular complexity index is 415. The van der Waals surface area contributed by atoms with Crippen LogP contribution in [0.15, 0.2) is 0 Å². The molecule has 3 nitrogen and oxygen atoms in total. The van der Waals surface area contributed by atoms with Gasteiger partial charge in [0.25, 0.3) is 0 Å².